The van der Waals surface area contributed by atoms with E-state index in [0.29, 0.717) is 11.8 Å². The predicted octanol–water partition coefficient (Wildman–Crippen LogP) is 1.93. The molecule has 1 aliphatic rings. The Kier molecular flexibility index (Phi) is 5.62. The van der Waals surface area contributed by atoms with Gasteiger partial charge in [0.15, 0.2) is 0 Å². The molecule has 1 heterocycles. The lowest BCUT2D eigenvalue weighted by molar-refractivity contribution is -0.130. The van der Waals surface area contributed by atoms with Crippen molar-refractivity contribution in [1.82, 2.24) is 10.2 Å². The summed E-state index contributed by atoms with van der Waals surface area (Å²) in [5.41, 5.74) is 0. The van der Waals surface area contributed by atoms with Crippen molar-refractivity contribution in [2.45, 2.75) is 45.8 Å². The lowest BCUT2D eigenvalue weighted by atomic mass is 10.1. The molecule has 0 aromatic rings. The van der Waals surface area contributed by atoms with Gasteiger partial charge in [0.1, 0.15) is 0 Å². The molecule has 1 saturated heterocycles. The van der Waals surface area contributed by atoms with E-state index in [9.17, 15) is 4.79 Å². The van der Waals surface area contributed by atoms with Crippen molar-refractivity contribution >= 4 is 17.7 Å². The third-order valence-electron chi connectivity index (χ3n) is 3.03. The first-order valence-corrected chi connectivity index (χ1v) is 7.55. The van der Waals surface area contributed by atoms with E-state index in [4.69, 9.17) is 0 Å². The van der Waals surface area contributed by atoms with Crippen LogP contribution in [0.5, 0.6) is 0 Å². The summed E-state index contributed by atoms with van der Waals surface area (Å²) in [6.07, 6.45) is 4.33. The number of nitrogens with zero attached hydrogens (tertiary/aromatic N) is 1. The predicted molar refractivity (Wildman–Crippen MR) is 70.6 cm³/mol. The molecular formula is C12H24N2OS. The van der Waals surface area contributed by atoms with Gasteiger partial charge in [-0.3, -0.25) is 10.1 Å². The normalized spacial score (nSPS) is 27.5. The maximum atomic E-state index is 12.1. The zero-order chi connectivity index (χ0) is 12.1. The standard InChI is InChI=1S/C12H24N2OS/c1-5-6-11-12(15)14(10(3)13-11)7-9(2)8-16-4/h9-11,13H,5-8H2,1-4H3. The molecule has 0 spiro atoms. The van der Waals surface area contributed by atoms with Crippen LogP contribution in [0.1, 0.15) is 33.6 Å². The van der Waals surface area contributed by atoms with Crippen LogP contribution in [0.3, 0.4) is 0 Å². The van der Waals surface area contributed by atoms with Gasteiger partial charge in [0.2, 0.25) is 5.91 Å². The first-order chi connectivity index (χ1) is 7.60. The number of hydrogen-bond acceptors (Lipinski definition) is 3. The summed E-state index contributed by atoms with van der Waals surface area (Å²) < 4.78 is 0. The van der Waals surface area contributed by atoms with E-state index < -0.39 is 0 Å². The average molecular weight is 244 g/mol. The molecule has 3 nitrogen and oxygen atoms in total. The largest absolute Gasteiger partial charge is 0.326 e. The summed E-state index contributed by atoms with van der Waals surface area (Å²) in [6.45, 7) is 7.30. The molecule has 1 N–H and O–H groups in total. The zero-order valence-electron chi connectivity index (χ0n) is 10.8. The van der Waals surface area contributed by atoms with E-state index in [0.717, 1.165) is 25.1 Å². The van der Waals surface area contributed by atoms with Crippen LogP contribution in [0.2, 0.25) is 0 Å². The highest BCUT2D eigenvalue weighted by atomic mass is 32.2. The van der Waals surface area contributed by atoms with Crippen LogP contribution in [-0.4, -0.2) is 41.6 Å². The van der Waals surface area contributed by atoms with Crippen molar-refractivity contribution in [3.8, 4) is 0 Å². The van der Waals surface area contributed by atoms with E-state index in [1.165, 1.54) is 0 Å². The fourth-order valence-electron chi connectivity index (χ4n) is 2.26. The lowest BCUT2D eigenvalue weighted by Crippen LogP contribution is -2.38. The summed E-state index contributed by atoms with van der Waals surface area (Å²) in [7, 11) is 0. The molecule has 0 saturated carbocycles. The number of thioether (sulfide) groups is 1. The van der Waals surface area contributed by atoms with E-state index in [1.807, 2.05) is 16.7 Å². The van der Waals surface area contributed by atoms with Crippen LogP contribution < -0.4 is 5.32 Å². The van der Waals surface area contributed by atoms with E-state index in [-0.39, 0.29) is 12.2 Å². The summed E-state index contributed by atoms with van der Waals surface area (Å²) >= 11 is 1.85. The topological polar surface area (TPSA) is 32.3 Å². The molecule has 16 heavy (non-hydrogen) atoms. The molecule has 0 aromatic carbocycles. The van der Waals surface area contributed by atoms with Crippen LogP contribution in [0, 0.1) is 5.92 Å². The highest BCUT2D eigenvalue weighted by Crippen LogP contribution is 2.17. The smallest absolute Gasteiger partial charge is 0.241 e. The van der Waals surface area contributed by atoms with Crippen LogP contribution in [0.15, 0.2) is 0 Å². The van der Waals surface area contributed by atoms with Gasteiger partial charge in [-0.05, 0) is 31.3 Å². The van der Waals surface area contributed by atoms with Gasteiger partial charge < -0.3 is 4.90 Å². The molecule has 1 rings (SSSR count). The Morgan fingerprint density at radius 3 is 2.81 bits per heavy atom. The highest BCUT2D eigenvalue weighted by molar-refractivity contribution is 7.98. The Balaban J connectivity index is 2.50. The summed E-state index contributed by atoms with van der Waals surface area (Å²) in [6, 6.07) is 0.0569. The molecule has 3 unspecified atom stereocenters. The first kappa shape index (κ1) is 13.8. The molecule has 0 bridgehead atoms. The monoisotopic (exact) mass is 244 g/mol. The van der Waals surface area contributed by atoms with Gasteiger partial charge >= 0.3 is 0 Å². The summed E-state index contributed by atoms with van der Waals surface area (Å²) in [4.78, 5) is 14.1. The van der Waals surface area contributed by atoms with E-state index >= 15 is 0 Å². The number of amides is 1. The van der Waals surface area contributed by atoms with Gasteiger partial charge in [-0.25, -0.2) is 0 Å². The minimum absolute atomic E-state index is 0.0569. The molecule has 94 valence electrons. The minimum atomic E-state index is 0.0569. The Hall–Kier alpha value is -0.220. The van der Waals surface area contributed by atoms with Gasteiger partial charge in [-0.15, -0.1) is 0 Å². The van der Waals surface area contributed by atoms with Crippen molar-refractivity contribution < 1.29 is 4.79 Å². The van der Waals surface area contributed by atoms with E-state index in [2.05, 4.69) is 32.3 Å². The quantitative estimate of drug-likeness (QED) is 0.775. The van der Waals surface area contributed by atoms with Crippen LogP contribution in [0.4, 0.5) is 0 Å². The van der Waals surface area contributed by atoms with Crippen LogP contribution in [0.25, 0.3) is 0 Å². The highest BCUT2D eigenvalue weighted by Gasteiger charge is 2.35. The molecule has 1 fully saturated rings. The van der Waals surface area contributed by atoms with Gasteiger partial charge in [0, 0.05) is 6.54 Å². The molecule has 0 radical (unpaired) electrons. The van der Waals surface area contributed by atoms with Gasteiger partial charge in [0.05, 0.1) is 12.2 Å². The van der Waals surface area contributed by atoms with E-state index in [1.54, 1.807) is 0 Å². The maximum absolute atomic E-state index is 12.1. The van der Waals surface area contributed by atoms with Crippen LogP contribution in [-0.2, 0) is 4.79 Å². The second kappa shape index (κ2) is 6.50. The van der Waals surface area contributed by atoms with Crippen LogP contribution >= 0.6 is 11.8 Å². The number of carbonyl (C=O) groups is 1. The van der Waals surface area contributed by atoms with Crippen molar-refractivity contribution in [3.05, 3.63) is 0 Å². The Morgan fingerprint density at radius 1 is 1.56 bits per heavy atom. The average Bonchev–Trinajstić information content (AvgIpc) is 2.47. The summed E-state index contributed by atoms with van der Waals surface area (Å²) in [5, 5.41) is 3.37. The Morgan fingerprint density at radius 2 is 2.25 bits per heavy atom. The third kappa shape index (κ3) is 3.39. The van der Waals surface area contributed by atoms with Gasteiger partial charge in [0.25, 0.3) is 0 Å². The Labute approximate surface area is 103 Å². The zero-order valence-corrected chi connectivity index (χ0v) is 11.6. The minimum Gasteiger partial charge on any atom is -0.326 e. The SMILES string of the molecule is CCCC1NC(C)N(CC(C)CSC)C1=O. The number of hydrogen-bond donors (Lipinski definition) is 1. The van der Waals surface area contributed by atoms with Crippen molar-refractivity contribution in [3.63, 3.8) is 0 Å². The van der Waals surface area contributed by atoms with Gasteiger partial charge in [-0.2, -0.15) is 11.8 Å². The summed E-state index contributed by atoms with van der Waals surface area (Å²) in [5.74, 6) is 1.99. The Bertz CT molecular complexity index is 235. The first-order valence-electron chi connectivity index (χ1n) is 6.15. The van der Waals surface area contributed by atoms with Crippen molar-refractivity contribution in [2.24, 2.45) is 5.92 Å². The van der Waals surface area contributed by atoms with Gasteiger partial charge in [-0.1, -0.05) is 20.3 Å². The molecule has 1 aliphatic heterocycles. The van der Waals surface area contributed by atoms with Crippen molar-refractivity contribution in [1.29, 1.82) is 0 Å². The second-order valence-corrected chi connectivity index (χ2v) is 5.65. The second-order valence-electron chi connectivity index (χ2n) is 4.74. The fourth-order valence-corrected chi connectivity index (χ4v) is 2.93. The molecule has 0 aromatic heterocycles. The maximum Gasteiger partial charge on any atom is 0.241 e. The number of rotatable bonds is 6. The third-order valence-corrected chi connectivity index (χ3v) is 3.93. The molecule has 0 aliphatic carbocycles. The molecular weight excluding hydrogens is 220 g/mol. The molecule has 1 amide bonds. The fraction of sp³-hybridized carbons (Fsp3) is 0.917. The number of nitrogens with one attached hydrogen (secondary N) is 1. The van der Waals surface area contributed by atoms with Crippen molar-refractivity contribution in [2.75, 3.05) is 18.6 Å². The lowest BCUT2D eigenvalue weighted by Gasteiger charge is -2.24. The molecule has 4 heteroatoms. The number of carbonyl (C=O) groups excluding carboxylic acids is 1. The molecule has 3 atom stereocenters.